The fourth-order valence-corrected chi connectivity index (χ4v) is 2.66. The summed E-state index contributed by atoms with van der Waals surface area (Å²) >= 11 is 0. The molecule has 0 saturated carbocycles. The van der Waals surface area contributed by atoms with E-state index in [2.05, 4.69) is 23.9 Å². The summed E-state index contributed by atoms with van der Waals surface area (Å²) in [6.45, 7) is 8.81. The number of piperidine rings is 1. The maximum Gasteiger partial charge on any atom is 0.0634 e. The molecule has 82 valence electrons. The van der Waals surface area contributed by atoms with Crippen LogP contribution in [0.25, 0.3) is 0 Å². The van der Waals surface area contributed by atoms with E-state index in [9.17, 15) is 0 Å². The first-order chi connectivity index (χ1) is 6.79. The second-order valence-corrected chi connectivity index (χ2v) is 4.63. The van der Waals surface area contributed by atoms with Gasteiger partial charge in [0.05, 0.1) is 13.2 Å². The van der Waals surface area contributed by atoms with Crippen molar-refractivity contribution < 1.29 is 4.74 Å². The zero-order valence-corrected chi connectivity index (χ0v) is 9.41. The Morgan fingerprint density at radius 2 is 1.50 bits per heavy atom. The molecular formula is C11H22N2O. The molecule has 0 aromatic rings. The fourth-order valence-electron chi connectivity index (χ4n) is 2.66. The number of hydrogen-bond donors (Lipinski definition) is 0. The molecule has 0 N–H and O–H groups in total. The van der Waals surface area contributed by atoms with Crippen molar-refractivity contribution in [2.24, 2.45) is 0 Å². The van der Waals surface area contributed by atoms with E-state index in [1.165, 1.54) is 32.4 Å². The Balaban J connectivity index is 1.97. The van der Waals surface area contributed by atoms with Gasteiger partial charge >= 0.3 is 0 Å². The first-order valence-corrected chi connectivity index (χ1v) is 5.90. The summed E-state index contributed by atoms with van der Waals surface area (Å²) in [6.07, 6.45) is 4.12. The molecule has 0 spiro atoms. The maximum atomic E-state index is 5.55. The highest BCUT2D eigenvalue weighted by atomic mass is 16.5. The van der Waals surface area contributed by atoms with E-state index >= 15 is 0 Å². The first kappa shape index (κ1) is 10.4. The zero-order chi connectivity index (χ0) is 9.97. The zero-order valence-electron chi connectivity index (χ0n) is 9.41. The molecule has 0 amide bonds. The number of rotatable bonds is 1. The summed E-state index contributed by atoms with van der Waals surface area (Å²) in [7, 11) is 0. The molecule has 0 aromatic carbocycles. The minimum absolute atomic E-state index is 0.553. The molecule has 3 heteroatoms. The molecule has 2 heterocycles. The monoisotopic (exact) mass is 198 g/mol. The van der Waals surface area contributed by atoms with Crippen LogP contribution in [0.4, 0.5) is 0 Å². The van der Waals surface area contributed by atoms with Crippen molar-refractivity contribution in [2.45, 2.75) is 45.2 Å². The molecule has 2 atom stereocenters. The van der Waals surface area contributed by atoms with Crippen LogP contribution >= 0.6 is 0 Å². The van der Waals surface area contributed by atoms with Gasteiger partial charge in [-0.2, -0.15) is 0 Å². The van der Waals surface area contributed by atoms with Gasteiger partial charge in [-0.1, -0.05) is 6.42 Å². The minimum Gasteiger partial charge on any atom is -0.378 e. The predicted molar refractivity (Wildman–Crippen MR) is 57.0 cm³/mol. The van der Waals surface area contributed by atoms with Gasteiger partial charge in [0, 0.05) is 25.2 Å². The third kappa shape index (κ3) is 2.10. The number of hydrazine groups is 1. The Kier molecular flexibility index (Phi) is 3.42. The molecule has 2 aliphatic heterocycles. The molecule has 2 unspecified atom stereocenters. The Morgan fingerprint density at radius 1 is 0.929 bits per heavy atom. The van der Waals surface area contributed by atoms with Gasteiger partial charge in [-0.05, 0) is 26.7 Å². The van der Waals surface area contributed by atoms with E-state index in [0.717, 1.165) is 13.2 Å². The predicted octanol–water partition coefficient (Wildman–Crippen LogP) is 1.50. The van der Waals surface area contributed by atoms with Crippen LogP contribution in [0.3, 0.4) is 0 Å². The number of hydrogen-bond acceptors (Lipinski definition) is 3. The van der Waals surface area contributed by atoms with Crippen molar-refractivity contribution in [3.8, 4) is 0 Å². The second kappa shape index (κ2) is 4.60. The van der Waals surface area contributed by atoms with Crippen LogP contribution in [0.1, 0.15) is 33.1 Å². The summed E-state index contributed by atoms with van der Waals surface area (Å²) in [4.78, 5) is 0. The Bertz CT molecular complexity index is 170. The van der Waals surface area contributed by atoms with Crippen LogP contribution in [-0.2, 0) is 4.74 Å². The molecule has 2 saturated heterocycles. The Labute approximate surface area is 87.0 Å². The molecule has 0 bridgehead atoms. The fraction of sp³-hybridized carbons (Fsp3) is 1.00. The van der Waals surface area contributed by atoms with E-state index in [0.29, 0.717) is 12.1 Å². The van der Waals surface area contributed by atoms with Crippen molar-refractivity contribution in [1.82, 2.24) is 10.0 Å². The third-order valence-electron chi connectivity index (χ3n) is 3.28. The minimum atomic E-state index is 0.553. The summed E-state index contributed by atoms with van der Waals surface area (Å²) in [5, 5.41) is 5.09. The van der Waals surface area contributed by atoms with Crippen LogP contribution < -0.4 is 0 Å². The van der Waals surface area contributed by atoms with Gasteiger partial charge in [-0.25, -0.2) is 10.0 Å². The van der Waals surface area contributed by atoms with E-state index in [-0.39, 0.29) is 0 Å². The molecule has 14 heavy (non-hydrogen) atoms. The third-order valence-corrected chi connectivity index (χ3v) is 3.28. The van der Waals surface area contributed by atoms with Gasteiger partial charge in [-0.3, -0.25) is 0 Å². The van der Waals surface area contributed by atoms with Crippen molar-refractivity contribution in [3.63, 3.8) is 0 Å². The molecule has 0 radical (unpaired) electrons. The van der Waals surface area contributed by atoms with Gasteiger partial charge < -0.3 is 4.74 Å². The van der Waals surface area contributed by atoms with Crippen LogP contribution in [-0.4, -0.2) is 48.4 Å². The molecule has 2 fully saturated rings. The number of nitrogens with zero attached hydrogens (tertiary/aromatic N) is 2. The topological polar surface area (TPSA) is 15.7 Å². The lowest BCUT2D eigenvalue weighted by Crippen LogP contribution is -2.59. The summed E-state index contributed by atoms with van der Waals surface area (Å²) < 4.78 is 5.55. The van der Waals surface area contributed by atoms with Crippen molar-refractivity contribution in [1.29, 1.82) is 0 Å². The smallest absolute Gasteiger partial charge is 0.0634 e. The maximum absolute atomic E-state index is 5.55. The lowest BCUT2D eigenvalue weighted by atomic mass is 10.1. The highest BCUT2D eigenvalue weighted by molar-refractivity contribution is 4.77. The molecule has 2 aliphatic rings. The summed E-state index contributed by atoms with van der Waals surface area (Å²) in [5.74, 6) is 0. The lowest BCUT2D eigenvalue weighted by Gasteiger charge is -2.47. The van der Waals surface area contributed by atoms with Gasteiger partial charge in [0.15, 0.2) is 0 Å². The van der Waals surface area contributed by atoms with Gasteiger partial charge in [0.2, 0.25) is 0 Å². The second-order valence-electron chi connectivity index (χ2n) is 4.63. The standard InChI is InChI=1S/C11H22N2O/c1-10-8-14-9-11(2)13(10)12-6-4-3-5-7-12/h10-11H,3-9H2,1-2H3. The average Bonchev–Trinajstić information content (AvgIpc) is 2.19. The van der Waals surface area contributed by atoms with Gasteiger partial charge in [-0.15, -0.1) is 0 Å². The van der Waals surface area contributed by atoms with E-state index in [1.807, 2.05) is 0 Å². The summed E-state index contributed by atoms with van der Waals surface area (Å²) in [6, 6.07) is 1.11. The lowest BCUT2D eigenvalue weighted by molar-refractivity contribution is -0.160. The van der Waals surface area contributed by atoms with Crippen LogP contribution in [0.2, 0.25) is 0 Å². The Hall–Kier alpha value is -0.120. The average molecular weight is 198 g/mol. The van der Waals surface area contributed by atoms with E-state index < -0.39 is 0 Å². The highest BCUT2D eigenvalue weighted by Crippen LogP contribution is 2.20. The number of ether oxygens (including phenoxy) is 1. The molecule has 0 aliphatic carbocycles. The highest BCUT2D eigenvalue weighted by Gasteiger charge is 2.30. The van der Waals surface area contributed by atoms with Crippen molar-refractivity contribution >= 4 is 0 Å². The van der Waals surface area contributed by atoms with E-state index in [1.54, 1.807) is 0 Å². The van der Waals surface area contributed by atoms with Gasteiger partial charge in [0.25, 0.3) is 0 Å². The van der Waals surface area contributed by atoms with Crippen LogP contribution in [0.5, 0.6) is 0 Å². The summed E-state index contributed by atoms with van der Waals surface area (Å²) in [5.41, 5.74) is 0. The largest absolute Gasteiger partial charge is 0.378 e. The molecule has 2 rings (SSSR count). The van der Waals surface area contributed by atoms with Crippen LogP contribution in [0.15, 0.2) is 0 Å². The SMILES string of the molecule is CC1COCC(C)N1N1CCCCC1. The quantitative estimate of drug-likeness (QED) is 0.635. The van der Waals surface area contributed by atoms with Crippen molar-refractivity contribution in [2.75, 3.05) is 26.3 Å². The molecule has 3 nitrogen and oxygen atoms in total. The first-order valence-electron chi connectivity index (χ1n) is 5.90. The number of morpholine rings is 1. The van der Waals surface area contributed by atoms with Gasteiger partial charge in [0.1, 0.15) is 0 Å². The van der Waals surface area contributed by atoms with Crippen molar-refractivity contribution in [3.05, 3.63) is 0 Å². The van der Waals surface area contributed by atoms with E-state index in [4.69, 9.17) is 4.74 Å². The molecular weight excluding hydrogens is 176 g/mol. The normalized spacial score (nSPS) is 37.3. The Morgan fingerprint density at radius 3 is 2.07 bits per heavy atom. The molecule has 0 aromatic heterocycles. The van der Waals surface area contributed by atoms with Crippen LogP contribution in [0, 0.1) is 0 Å².